The molecule has 0 radical (unpaired) electrons. The average molecular weight is 526 g/mol. The highest BCUT2D eigenvalue weighted by Gasteiger charge is 2.08. The van der Waals surface area contributed by atoms with Crippen LogP contribution in [0.4, 0.5) is 0 Å². The zero-order valence-electron chi connectivity index (χ0n) is 16.9. The quantitative estimate of drug-likeness (QED) is 0.178. The molecule has 0 atom stereocenters. The molecule has 0 bridgehead atoms. The van der Waals surface area contributed by atoms with E-state index < -0.39 is 0 Å². The lowest BCUT2D eigenvalue weighted by Gasteiger charge is -2.12. The summed E-state index contributed by atoms with van der Waals surface area (Å²) >= 11 is 1.75. The van der Waals surface area contributed by atoms with Gasteiger partial charge in [0.05, 0.1) is 12.8 Å². The molecule has 0 aliphatic rings. The second-order valence-electron chi connectivity index (χ2n) is 6.27. The molecule has 156 valence electrons. The van der Waals surface area contributed by atoms with Crippen LogP contribution in [0.1, 0.15) is 23.9 Å². The van der Waals surface area contributed by atoms with Crippen LogP contribution in [0.5, 0.6) is 0 Å². The minimum absolute atomic E-state index is 0. The summed E-state index contributed by atoms with van der Waals surface area (Å²) in [5.74, 6) is 2.83. The van der Waals surface area contributed by atoms with Crippen molar-refractivity contribution >= 4 is 41.7 Å². The number of halogens is 1. The maximum Gasteiger partial charge on any atom is 0.216 e. The molecule has 9 heteroatoms. The summed E-state index contributed by atoms with van der Waals surface area (Å²) in [6.45, 7) is 6.31. The molecule has 0 saturated heterocycles. The summed E-state index contributed by atoms with van der Waals surface area (Å²) in [5.41, 5.74) is 2.50. The minimum atomic E-state index is 0. The summed E-state index contributed by atoms with van der Waals surface area (Å²) in [6, 6.07) is 10.2. The van der Waals surface area contributed by atoms with Crippen LogP contribution < -0.4 is 10.6 Å². The van der Waals surface area contributed by atoms with Gasteiger partial charge in [0, 0.05) is 24.4 Å². The Labute approximate surface area is 192 Å². The highest BCUT2D eigenvalue weighted by Crippen LogP contribution is 2.22. The van der Waals surface area contributed by atoms with Gasteiger partial charge in [0.15, 0.2) is 11.7 Å². The largest absolute Gasteiger partial charge is 0.461 e. The molecule has 0 unspecified atom stereocenters. The molecule has 3 rings (SSSR count). The zero-order chi connectivity index (χ0) is 19.8. The van der Waals surface area contributed by atoms with Gasteiger partial charge < -0.3 is 15.1 Å². The van der Waals surface area contributed by atoms with E-state index in [0.717, 1.165) is 18.3 Å². The van der Waals surface area contributed by atoms with Crippen LogP contribution >= 0.6 is 35.7 Å². The van der Waals surface area contributed by atoms with Gasteiger partial charge in [0.25, 0.3) is 0 Å². The molecular weight excluding hydrogens is 499 g/mol. The third-order valence-electron chi connectivity index (χ3n) is 4.12. The van der Waals surface area contributed by atoms with E-state index in [1.807, 2.05) is 12.1 Å². The van der Waals surface area contributed by atoms with Crippen molar-refractivity contribution in [2.24, 2.45) is 4.99 Å². The molecule has 3 aromatic rings. The van der Waals surface area contributed by atoms with Gasteiger partial charge in [-0.15, -0.1) is 35.7 Å². The number of aliphatic imine (C=N–C) groups is 1. The highest BCUT2D eigenvalue weighted by molar-refractivity contribution is 14.0. The fourth-order valence-electron chi connectivity index (χ4n) is 2.71. The molecule has 0 amide bonds. The Bertz CT molecular complexity index is 910. The lowest BCUT2D eigenvalue weighted by molar-refractivity contribution is 0.577. The summed E-state index contributed by atoms with van der Waals surface area (Å²) in [7, 11) is 0. The van der Waals surface area contributed by atoms with Crippen LogP contribution in [0.25, 0.3) is 11.6 Å². The van der Waals surface area contributed by atoms with Crippen molar-refractivity contribution in [1.29, 1.82) is 0 Å². The summed E-state index contributed by atoms with van der Waals surface area (Å²) < 4.78 is 5.32. The fraction of sp³-hybridized carbons (Fsp3) is 0.350. The number of hydrogen-bond acceptors (Lipinski definition) is 5. The molecule has 3 N–H and O–H groups in total. The number of aromatic nitrogens is 3. The second kappa shape index (κ2) is 11.9. The fourth-order valence-corrected chi connectivity index (χ4v) is 3.41. The van der Waals surface area contributed by atoms with Crippen molar-refractivity contribution in [3.05, 3.63) is 53.5 Å². The number of thioether (sulfide) groups is 1. The SMILES string of the molecule is CCNC(=NCc1ccc(C)cc1SC)NCCc1nc(-c2ccco2)n[nH]1.I. The molecule has 1 aromatic carbocycles. The van der Waals surface area contributed by atoms with Gasteiger partial charge in [-0.3, -0.25) is 5.10 Å². The number of aryl methyl sites for hydroxylation is 1. The molecule has 0 saturated carbocycles. The topological polar surface area (TPSA) is 91.1 Å². The Kier molecular flexibility index (Phi) is 9.52. The first-order valence-corrected chi connectivity index (χ1v) is 10.5. The van der Waals surface area contributed by atoms with Crippen molar-refractivity contribution in [2.75, 3.05) is 19.3 Å². The molecule has 2 aromatic heterocycles. The van der Waals surface area contributed by atoms with Crippen LogP contribution in [0.3, 0.4) is 0 Å². The predicted molar refractivity (Wildman–Crippen MR) is 129 cm³/mol. The van der Waals surface area contributed by atoms with Gasteiger partial charge in [0.1, 0.15) is 5.82 Å². The molecule has 0 aliphatic heterocycles. The highest BCUT2D eigenvalue weighted by atomic mass is 127. The normalized spacial score (nSPS) is 11.2. The van der Waals surface area contributed by atoms with Gasteiger partial charge in [0.2, 0.25) is 5.82 Å². The first-order chi connectivity index (χ1) is 13.7. The van der Waals surface area contributed by atoms with Crippen molar-refractivity contribution < 1.29 is 4.42 Å². The number of nitrogens with zero attached hydrogens (tertiary/aromatic N) is 3. The van der Waals surface area contributed by atoms with Crippen molar-refractivity contribution in [1.82, 2.24) is 25.8 Å². The number of H-pyrrole nitrogens is 1. The van der Waals surface area contributed by atoms with Crippen LogP contribution in [0.15, 0.2) is 50.9 Å². The van der Waals surface area contributed by atoms with Crippen LogP contribution in [0.2, 0.25) is 0 Å². The van der Waals surface area contributed by atoms with E-state index in [9.17, 15) is 0 Å². The summed E-state index contributed by atoms with van der Waals surface area (Å²) in [6.07, 6.45) is 4.42. The number of aromatic amines is 1. The number of nitrogens with one attached hydrogen (secondary N) is 3. The zero-order valence-corrected chi connectivity index (χ0v) is 20.0. The van der Waals surface area contributed by atoms with E-state index in [1.54, 1.807) is 18.0 Å². The number of furan rings is 1. The standard InChI is InChI=1S/C20H26N6OS.HI/c1-4-21-20(23-13-15-8-7-14(2)12-17(15)28-3)22-10-9-18-24-19(26-25-18)16-6-5-11-27-16;/h5-8,11-12H,4,9-10,13H2,1-3H3,(H2,21,22,23)(H,24,25,26);1H. The van der Waals surface area contributed by atoms with Gasteiger partial charge in [-0.2, -0.15) is 5.10 Å². The van der Waals surface area contributed by atoms with Gasteiger partial charge in [-0.25, -0.2) is 9.98 Å². The van der Waals surface area contributed by atoms with Gasteiger partial charge in [-0.1, -0.05) is 12.1 Å². The maximum absolute atomic E-state index is 5.32. The van der Waals surface area contributed by atoms with Crippen molar-refractivity contribution in [3.8, 4) is 11.6 Å². The first kappa shape index (κ1) is 23.3. The van der Waals surface area contributed by atoms with E-state index in [-0.39, 0.29) is 24.0 Å². The van der Waals surface area contributed by atoms with E-state index in [1.165, 1.54) is 16.0 Å². The third kappa shape index (κ3) is 6.77. The Morgan fingerprint density at radius 3 is 2.86 bits per heavy atom. The monoisotopic (exact) mass is 526 g/mol. The number of hydrogen-bond donors (Lipinski definition) is 3. The number of rotatable bonds is 8. The lowest BCUT2D eigenvalue weighted by Crippen LogP contribution is -2.38. The number of guanidine groups is 1. The van der Waals surface area contributed by atoms with E-state index in [4.69, 9.17) is 9.41 Å². The Morgan fingerprint density at radius 2 is 2.14 bits per heavy atom. The average Bonchev–Trinajstić information content (AvgIpc) is 3.38. The Hall–Kier alpha value is -2.01. The molecule has 0 aliphatic carbocycles. The molecule has 29 heavy (non-hydrogen) atoms. The molecule has 2 heterocycles. The predicted octanol–water partition coefficient (Wildman–Crippen LogP) is 4.01. The van der Waals surface area contributed by atoms with Crippen molar-refractivity contribution in [2.45, 2.75) is 31.7 Å². The molecular formula is C20H27IN6OS. The van der Waals surface area contributed by atoms with Gasteiger partial charge in [-0.05, 0) is 49.4 Å². The van der Waals surface area contributed by atoms with Crippen LogP contribution in [-0.2, 0) is 13.0 Å². The van der Waals surface area contributed by atoms with Crippen LogP contribution in [-0.4, -0.2) is 40.5 Å². The smallest absolute Gasteiger partial charge is 0.216 e. The van der Waals surface area contributed by atoms with E-state index in [0.29, 0.717) is 31.1 Å². The molecule has 0 spiro atoms. The first-order valence-electron chi connectivity index (χ1n) is 9.30. The Morgan fingerprint density at radius 1 is 1.28 bits per heavy atom. The Balaban J connectivity index is 0.00000300. The lowest BCUT2D eigenvalue weighted by atomic mass is 10.1. The third-order valence-corrected chi connectivity index (χ3v) is 4.94. The van der Waals surface area contributed by atoms with Crippen molar-refractivity contribution in [3.63, 3.8) is 0 Å². The van der Waals surface area contributed by atoms with E-state index >= 15 is 0 Å². The van der Waals surface area contributed by atoms with Crippen LogP contribution in [0, 0.1) is 6.92 Å². The number of benzene rings is 1. The summed E-state index contributed by atoms with van der Waals surface area (Å²) in [4.78, 5) is 10.4. The molecule has 0 fully saturated rings. The second-order valence-corrected chi connectivity index (χ2v) is 7.12. The molecule has 7 nitrogen and oxygen atoms in total. The van der Waals surface area contributed by atoms with E-state index in [2.05, 4.69) is 64.1 Å². The minimum Gasteiger partial charge on any atom is -0.461 e. The summed E-state index contributed by atoms with van der Waals surface area (Å²) in [5, 5.41) is 13.8. The maximum atomic E-state index is 5.32. The van der Waals surface area contributed by atoms with Gasteiger partial charge >= 0.3 is 0 Å².